The molecule has 0 saturated heterocycles. The predicted octanol–water partition coefficient (Wildman–Crippen LogP) is 2.51. The second-order valence-electron chi connectivity index (χ2n) is 6.30. The number of thioether (sulfide) groups is 1. The van der Waals surface area contributed by atoms with E-state index in [0.29, 0.717) is 23.5 Å². The van der Waals surface area contributed by atoms with Gasteiger partial charge in [-0.2, -0.15) is 11.8 Å². The van der Waals surface area contributed by atoms with Gasteiger partial charge in [0, 0.05) is 18.0 Å². The molecule has 0 heterocycles. The fraction of sp³-hybridized carbons (Fsp3) is 0.471. The number of anilines is 1. The normalized spacial score (nSPS) is 10.8. The maximum absolute atomic E-state index is 11.8. The van der Waals surface area contributed by atoms with Gasteiger partial charge in [-0.3, -0.25) is 9.59 Å². The second-order valence-corrected chi connectivity index (χ2v) is 7.40. The van der Waals surface area contributed by atoms with Gasteiger partial charge >= 0.3 is 12.1 Å². The first kappa shape index (κ1) is 20.8. The first-order valence-corrected chi connectivity index (χ1v) is 8.96. The summed E-state index contributed by atoms with van der Waals surface area (Å²) in [6.07, 6.45) is -0.520. The van der Waals surface area contributed by atoms with Gasteiger partial charge in [0.05, 0.1) is 12.2 Å². The summed E-state index contributed by atoms with van der Waals surface area (Å²) in [5.74, 6) is -0.210. The molecule has 3 N–H and O–H groups in total. The van der Waals surface area contributed by atoms with Crippen LogP contribution >= 0.6 is 11.8 Å². The number of rotatable bonds is 8. The summed E-state index contributed by atoms with van der Waals surface area (Å²) in [6.45, 7) is 5.79. The van der Waals surface area contributed by atoms with Crippen LogP contribution in [0, 0.1) is 0 Å². The van der Waals surface area contributed by atoms with Crippen molar-refractivity contribution in [1.29, 1.82) is 0 Å². The minimum atomic E-state index is -0.895. The fourth-order valence-electron chi connectivity index (χ4n) is 1.78. The van der Waals surface area contributed by atoms with E-state index in [-0.39, 0.29) is 18.1 Å². The Morgan fingerprint density at radius 2 is 1.80 bits per heavy atom. The van der Waals surface area contributed by atoms with E-state index in [1.165, 1.54) is 11.8 Å². The molecule has 0 radical (unpaired) electrons. The number of hydrogen-bond donors (Lipinski definition) is 3. The molecule has 0 aliphatic carbocycles. The van der Waals surface area contributed by atoms with E-state index >= 15 is 0 Å². The smallest absolute Gasteiger partial charge is 0.407 e. The number of nitrogens with one attached hydrogen (secondary N) is 2. The van der Waals surface area contributed by atoms with Gasteiger partial charge in [0.25, 0.3) is 0 Å². The zero-order valence-corrected chi connectivity index (χ0v) is 15.4. The first-order chi connectivity index (χ1) is 11.7. The maximum atomic E-state index is 11.8. The molecule has 25 heavy (non-hydrogen) atoms. The molecular formula is C17H24N2O5S. The zero-order chi connectivity index (χ0) is 18.9. The average molecular weight is 368 g/mol. The van der Waals surface area contributed by atoms with Gasteiger partial charge in [0.1, 0.15) is 5.60 Å². The highest BCUT2D eigenvalue weighted by Gasteiger charge is 2.15. The number of carbonyl (C=O) groups is 3. The minimum Gasteiger partial charge on any atom is -0.481 e. The molecule has 0 spiro atoms. The van der Waals surface area contributed by atoms with Crippen molar-refractivity contribution in [2.24, 2.45) is 0 Å². The van der Waals surface area contributed by atoms with E-state index in [9.17, 15) is 14.4 Å². The molecule has 8 heteroatoms. The van der Waals surface area contributed by atoms with Crippen LogP contribution in [-0.2, 0) is 20.7 Å². The topological polar surface area (TPSA) is 105 Å². The first-order valence-electron chi connectivity index (χ1n) is 7.81. The molecule has 1 rings (SSSR count). The van der Waals surface area contributed by atoms with E-state index in [1.54, 1.807) is 45.0 Å². The van der Waals surface area contributed by atoms with Crippen LogP contribution in [0.25, 0.3) is 0 Å². The lowest BCUT2D eigenvalue weighted by Crippen LogP contribution is -2.33. The van der Waals surface area contributed by atoms with Gasteiger partial charge in [0.15, 0.2) is 0 Å². The van der Waals surface area contributed by atoms with E-state index in [1.807, 2.05) is 0 Å². The van der Waals surface area contributed by atoms with Gasteiger partial charge in [0.2, 0.25) is 5.91 Å². The Hall–Kier alpha value is -2.22. The Balaban J connectivity index is 2.20. The SMILES string of the molecule is CC(C)(C)OC(=O)NCCSCC(=O)Nc1ccc(CC(=O)O)cc1. The molecule has 7 nitrogen and oxygen atoms in total. The Bertz CT molecular complexity index is 596. The summed E-state index contributed by atoms with van der Waals surface area (Å²) >= 11 is 1.39. The molecule has 1 aromatic rings. The number of aliphatic carboxylic acids is 1. The van der Waals surface area contributed by atoms with Crippen molar-refractivity contribution in [3.05, 3.63) is 29.8 Å². The number of carboxylic acids is 1. The largest absolute Gasteiger partial charge is 0.481 e. The number of alkyl carbamates (subject to hydrolysis) is 1. The molecule has 0 aliphatic heterocycles. The van der Waals surface area contributed by atoms with Gasteiger partial charge in [-0.05, 0) is 38.5 Å². The van der Waals surface area contributed by atoms with Gasteiger partial charge < -0.3 is 20.5 Å². The van der Waals surface area contributed by atoms with Crippen LogP contribution in [0.3, 0.4) is 0 Å². The standard InChI is InChI=1S/C17H24N2O5S/c1-17(2,3)24-16(23)18-8-9-25-11-14(20)19-13-6-4-12(5-7-13)10-15(21)22/h4-7H,8-11H2,1-3H3,(H,18,23)(H,19,20)(H,21,22). The maximum Gasteiger partial charge on any atom is 0.407 e. The lowest BCUT2D eigenvalue weighted by molar-refractivity contribution is -0.136. The lowest BCUT2D eigenvalue weighted by Gasteiger charge is -2.19. The highest BCUT2D eigenvalue weighted by atomic mass is 32.2. The summed E-state index contributed by atoms with van der Waals surface area (Å²) in [6, 6.07) is 6.68. The molecule has 0 unspecified atom stereocenters. The Morgan fingerprint density at radius 3 is 2.36 bits per heavy atom. The van der Waals surface area contributed by atoms with E-state index < -0.39 is 17.7 Å². The van der Waals surface area contributed by atoms with Crippen molar-refractivity contribution >= 4 is 35.4 Å². The molecule has 0 atom stereocenters. The highest BCUT2D eigenvalue weighted by Crippen LogP contribution is 2.11. The monoisotopic (exact) mass is 368 g/mol. The van der Waals surface area contributed by atoms with Gasteiger partial charge in [-0.25, -0.2) is 4.79 Å². The van der Waals surface area contributed by atoms with E-state index in [4.69, 9.17) is 9.84 Å². The summed E-state index contributed by atoms with van der Waals surface area (Å²) in [4.78, 5) is 33.9. The van der Waals surface area contributed by atoms with Crippen LogP contribution in [-0.4, -0.2) is 46.7 Å². The molecule has 0 saturated carbocycles. The summed E-state index contributed by atoms with van der Waals surface area (Å²) in [5.41, 5.74) is 0.761. The number of carboxylic acid groups (broad SMARTS) is 1. The number of benzene rings is 1. The predicted molar refractivity (Wildman–Crippen MR) is 98.0 cm³/mol. The van der Waals surface area contributed by atoms with Crippen LogP contribution in [0.15, 0.2) is 24.3 Å². The Morgan fingerprint density at radius 1 is 1.16 bits per heavy atom. The molecule has 2 amide bonds. The van der Waals surface area contributed by atoms with Crippen molar-refractivity contribution in [2.45, 2.75) is 32.8 Å². The van der Waals surface area contributed by atoms with Crippen molar-refractivity contribution in [1.82, 2.24) is 5.32 Å². The average Bonchev–Trinajstić information content (AvgIpc) is 2.46. The van der Waals surface area contributed by atoms with Crippen LogP contribution in [0.1, 0.15) is 26.3 Å². The quantitative estimate of drug-likeness (QED) is 0.609. The Labute approximate surface area is 151 Å². The summed E-state index contributed by atoms with van der Waals surface area (Å²) in [7, 11) is 0. The molecule has 1 aromatic carbocycles. The number of ether oxygens (including phenoxy) is 1. The third-order valence-corrected chi connectivity index (χ3v) is 3.70. The zero-order valence-electron chi connectivity index (χ0n) is 14.6. The highest BCUT2D eigenvalue weighted by molar-refractivity contribution is 7.99. The lowest BCUT2D eigenvalue weighted by atomic mass is 10.1. The third-order valence-electron chi connectivity index (χ3n) is 2.74. The molecule has 138 valence electrons. The number of hydrogen-bond acceptors (Lipinski definition) is 5. The van der Waals surface area contributed by atoms with Crippen LogP contribution in [0.4, 0.5) is 10.5 Å². The van der Waals surface area contributed by atoms with Crippen LogP contribution < -0.4 is 10.6 Å². The summed E-state index contributed by atoms with van der Waals surface area (Å²) in [5, 5.41) is 14.1. The second kappa shape index (κ2) is 9.93. The fourth-order valence-corrected chi connectivity index (χ4v) is 2.43. The molecule has 0 fully saturated rings. The number of amides is 2. The van der Waals surface area contributed by atoms with Crippen LogP contribution in [0.5, 0.6) is 0 Å². The molecule has 0 aliphatic rings. The van der Waals surface area contributed by atoms with Gasteiger partial charge in [-0.15, -0.1) is 0 Å². The van der Waals surface area contributed by atoms with Gasteiger partial charge in [-0.1, -0.05) is 12.1 Å². The van der Waals surface area contributed by atoms with E-state index in [0.717, 1.165) is 0 Å². The van der Waals surface area contributed by atoms with Crippen molar-refractivity contribution in [3.8, 4) is 0 Å². The molecule has 0 aromatic heterocycles. The van der Waals surface area contributed by atoms with Crippen molar-refractivity contribution in [2.75, 3.05) is 23.4 Å². The summed E-state index contributed by atoms with van der Waals surface area (Å²) < 4.78 is 5.10. The van der Waals surface area contributed by atoms with Crippen molar-refractivity contribution < 1.29 is 24.2 Å². The number of carbonyl (C=O) groups excluding carboxylic acids is 2. The molecule has 0 bridgehead atoms. The third kappa shape index (κ3) is 10.3. The minimum absolute atomic E-state index is 0.0469. The Kier molecular flexibility index (Phi) is 8.27. The van der Waals surface area contributed by atoms with Crippen LogP contribution in [0.2, 0.25) is 0 Å². The van der Waals surface area contributed by atoms with Crippen molar-refractivity contribution in [3.63, 3.8) is 0 Å². The molecular weight excluding hydrogens is 344 g/mol. The van der Waals surface area contributed by atoms with E-state index in [2.05, 4.69) is 10.6 Å².